The second-order valence-electron chi connectivity index (χ2n) is 5.97. The summed E-state index contributed by atoms with van der Waals surface area (Å²) >= 11 is 3.27. The van der Waals surface area contributed by atoms with E-state index in [0.29, 0.717) is 10.9 Å². The topological polar surface area (TPSA) is 74.7 Å². The standard InChI is InChI=1S/C15H18BrNO4S/c16-11-6-2-4-8-14(11)22(20,21)17-12-7-3-1-5-10(12)9-13(17)15(18)19/h2,4,6,8,10,12-13H,1,3,5,7,9H2,(H,18,19). The van der Waals surface area contributed by atoms with Crippen molar-refractivity contribution < 1.29 is 18.3 Å². The van der Waals surface area contributed by atoms with Gasteiger partial charge in [0.2, 0.25) is 10.0 Å². The van der Waals surface area contributed by atoms with Crippen LogP contribution in [0, 0.1) is 5.92 Å². The molecule has 0 spiro atoms. The number of fused-ring (bicyclic) bond motifs is 1. The maximum absolute atomic E-state index is 13.1. The van der Waals surface area contributed by atoms with Crippen molar-refractivity contribution in [3.63, 3.8) is 0 Å². The maximum Gasteiger partial charge on any atom is 0.322 e. The van der Waals surface area contributed by atoms with Gasteiger partial charge in [-0.1, -0.05) is 25.0 Å². The molecule has 1 saturated carbocycles. The highest BCUT2D eigenvalue weighted by atomic mass is 79.9. The highest BCUT2D eigenvalue weighted by Crippen LogP contribution is 2.43. The third-order valence-electron chi connectivity index (χ3n) is 4.71. The summed E-state index contributed by atoms with van der Waals surface area (Å²) in [5.41, 5.74) is 0. The molecule has 1 aliphatic heterocycles. The fourth-order valence-corrected chi connectivity index (χ4v) is 6.58. The zero-order chi connectivity index (χ0) is 15.9. The van der Waals surface area contributed by atoms with Crippen molar-refractivity contribution in [3.8, 4) is 0 Å². The molecular formula is C15H18BrNO4S. The van der Waals surface area contributed by atoms with Crippen LogP contribution in [-0.2, 0) is 14.8 Å². The van der Waals surface area contributed by atoms with Crippen molar-refractivity contribution in [1.82, 2.24) is 4.31 Å². The van der Waals surface area contributed by atoms with Crippen LogP contribution in [0.3, 0.4) is 0 Å². The van der Waals surface area contributed by atoms with Crippen LogP contribution in [0.2, 0.25) is 0 Å². The summed E-state index contributed by atoms with van der Waals surface area (Å²) in [5.74, 6) is -0.892. The molecule has 1 heterocycles. The molecule has 1 saturated heterocycles. The molecule has 0 bridgehead atoms. The van der Waals surface area contributed by atoms with Gasteiger partial charge >= 0.3 is 5.97 Å². The largest absolute Gasteiger partial charge is 0.480 e. The Morgan fingerprint density at radius 3 is 2.59 bits per heavy atom. The fourth-order valence-electron chi connectivity index (χ4n) is 3.74. The monoisotopic (exact) mass is 387 g/mol. The van der Waals surface area contributed by atoms with Crippen molar-refractivity contribution in [2.75, 3.05) is 0 Å². The minimum atomic E-state index is -3.83. The molecular weight excluding hydrogens is 370 g/mol. The smallest absolute Gasteiger partial charge is 0.322 e. The molecule has 0 radical (unpaired) electrons. The summed E-state index contributed by atoms with van der Waals surface area (Å²) in [4.78, 5) is 11.7. The Morgan fingerprint density at radius 2 is 1.91 bits per heavy atom. The quantitative estimate of drug-likeness (QED) is 0.864. The van der Waals surface area contributed by atoms with E-state index >= 15 is 0 Å². The number of nitrogens with zero attached hydrogens (tertiary/aromatic N) is 1. The Hall–Kier alpha value is -0.920. The molecule has 120 valence electrons. The van der Waals surface area contributed by atoms with Crippen LogP contribution in [0.25, 0.3) is 0 Å². The first-order chi connectivity index (χ1) is 10.4. The van der Waals surface area contributed by atoms with Crippen LogP contribution in [0.4, 0.5) is 0 Å². The molecule has 3 unspecified atom stereocenters. The van der Waals surface area contributed by atoms with Crippen LogP contribution in [0.1, 0.15) is 32.1 Å². The first kappa shape index (κ1) is 16.0. The number of carboxylic acid groups (broad SMARTS) is 1. The van der Waals surface area contributed by atoms with Crippen LogP contribution >= 0.6 is 15.9 Å². The number of carboxylic acids is 1. The SMILES string of the molecule is O=C(O)C1CC2CCCCC2N1S(=O)(=O)c1ccccc1Br. The fraction of sp³-hybridized carbons (Fsp3) is 0.533. The third-order valence-corrected chi connectivity index (χ3v) is 7.65. The van der Waals surface area contributed by atoms with Gasteiger partial charge in [0.25, 0.3) is 0 Å². The predicted octanol–water partition coefficient (Wildman–Crippen LogP) is 2.86. The van der Waals surface area contributed by atoms with Gasteiger partial charge in [0.05, 0.1) is 4.90 Å². The van der Waals surface area contributed by atoms with Crippen LogP contribution in [0.15, 0.2) is 33.6 Å². The van der Waals surface area contributed by atoms with Crippen LogP contribution in [0.5, 0.6) is 0 Å². The maximum atomic E-state index is 13.1. The molecule has 1 aromatic rings. The van der Waals surface area contributed by atoms with Crippen molar-refractivity contribution in [3.05, 3.63) is 28.7 Å². The number of hydrogen-bond acceptors (Lipinski definition) is 3. The van der Waals surface area contributed by atoms with Gasteiger partial charge in [-0.15, -0.1) is 0 Å². The molecule has 1 aliphatic carbocycles. The van der Waals surface area contributed by atoms with Crippen LogP contribution in [-0.4, -0.2) is 35.9 Å². The average Bonchev–Trinajstić information content (AvgIpc) is 2.88. The third kappa shape index (κ3) is 2.59. The number of sulfonamides is 1. The minimum Gasteiger partial charge on any atom is -0.480 e. The van der Waals surface area contributed by atoms with E-state index in [-0.39, 0.29) is 16.9 Å². The van der Waals surface area contributed by atoms with Gasteiger partial charge in [0, 0.05) is 10.5 Å². The van der Waals surface area contributed by atoms with E-state index in [4.69, 9.17) is 0 Å². The van der Waals surface area contributed by atoms with E-state index in [2.05, 4.69) is 15.9 Å². The molecule has 2 aliphatic rings. The number of halogens is 1. The summed E-state index contributed by atoms with van der Waals surface area (Å²) in [6.07, 6.45) is 4.09. The molecule has 0 amide bonds. The summed E-state index contributed by atoms with van der Waals surface area (Å²) < 4.78 is 27.8. The van der Waals surface area contributed by atoms with Gasteiger partial charge in [-0.25, -0.2) is 8.42 Å². The minimum absolute atomic E-state index is 0.146. The zero-order valence-corrected chi connectivity index (χ0v) is 14.4. The Kier molecular flexibility index (Phi) is 4.31. The lowest BCUT2D eigenvalue weighted by atomic mass is 9.85. The molecule has 22 heavy (non-hydrogen) atoms. The first-order valence-corrected chi connectivity index (χ1v) is 9.67. The lowest BCUT2D eigenvalue weighted by Gasteiger charge is -2.32. The van der Waals surface area contributed by atoms with Gasteiger partial charge < -0.3 is 5.11 Å². The van der Waals surface area contributed by atoms with E-state index in [0.717, 1.165) is 25.7 Å². The molecule has 0 aromatic heterocycles. The lowest BCUT2D eigenvalue weighted by Crippen LogP contribution is -2.46. The second-order valence-corrected chi connectivity index (χ2v) is 8.63. The lowest BCUT2D eigenvalue weighted by molar-refractivity contribution is -0.141. The van der Waals surface area contributed by atoms with E-state index in [9.17, 15) is 18.3 Å². The molecule has 3 atom stereocenters. The molecule has 2 fully saturated rings. The molecule has 5 nitrogen and oxygen atoms in total. The molecule has 1 N–H and O–H groups in total. The summed E-state index contributed by atoms with van der Waals surface area (Å²) in [6.45, 7) is 0. The Morgan fingerprint density at radius 1 is 1.23 bits per heavy atom. The van der Waals surface area contributed by atoms with E-state index in [1.807, 2.05) is 0 Å². The van der Waals surface area contributed by atoms with Gasteiger partial charge in [0.1, 0.15) is 6.04 Å². The average molecular weight is 388 g/mol. The number of benzene rings is 1. The second kappa shape index (κ2) is 5.94. The van der Waals surface area contributed by atoms with E-state index in [1.165, 1.54) is 10.4 Å². The highest BCUT2D eigenvalue weighted by molar-refractivity contribution is 9.10. The van der Waals surface area contributed by atoms with Crippen LogP contribution < -0.4 is 0 Å². The Balaban J connectivity index is 2.06. The molecule has 1 aromatic carbocycles. The van der Waals surface area contributed by atoms with Crippen molar-refractivity contribution in [2.45, 2.75) is 49.1 Å². The Labute approximate surface area is 138 Å². The summed E-state index contributed by atoms with van der Waals surface area (Å²) in [6, 6.07) is 5.44. The molecule has 3 rings (SSSR count). The summed E-state index contributed by atoms with van der Waals surface area (Å²) in [7, 11) is -3.83. The molecule has 7 heteroatoms. The van der Waals surface area contributed by atoms with E-state index < -0.39 is 22.0 Å². The normalized spacial score (nSPS) is 29.2. The predicted molar refractivity (Wildman–Crippen MR) is 85.0 cm³/mol. The summed E-state index contributed by atoms with van der Waals surface area (Å²) in [5, 5.41) is 9.49. The van der Waals surface area contributed by atoms with Gasteiger partial charge in [-0.2, -0.15) is 4.31 Å². The number of carbonyl (C=O) groups is 1. The van der Waals surface area contributed by atoms with Crippen molar-refractivity contribution >= 4 is 31.9 Å². The Bertz CT molecular complexity index is 691. The van der Waals surface area contributed by atoms with Crippen molar-refractivity contribution in [1.29, 1.82) is 0 Å². The van der Waals surface area contributed by atoms with E-state index in [1.54, 1.807) is 18.2 Å². The highest BCUT2D eigenvalue weighted by Gasteiger charge is 2.51. The number of hydrogen-bond donors (Lipinski definition) is 1. The first-order valence-electron chi connectivity index (χ1n) is 7.44. The van der Waals surface area contributed by atoms with Gasteiger partial charge in [0.15, 0.2) is 0 Å². The van der Waals surface area contributed by atoms with Crippen molar-refractivity contribution in [2.24, 2.45) is 5.92 Å². The van der Waals surface area contributed by atoms with Gasteiger partial charge in [-0.05, 0) is 53.2 Å². The van der Waals surface area contributed by atoms with Gasteiger partial charge in [-0.3, -0.25) is 4.79 Å². The number of rotatable bonds is 3. The number of aliphatic carboxylic acids is 1. The zero-order valence-electron chi connectivity index (χ0n) is 12.0.